The Kier molecular flexibility index (Phi) is 3.82. The molecule has 0 bridgehead atoms. The molecule has 2 aromatic heterocycles. The number of thiophene rings is 2. The first-order valence-corrected chi connectivity index (χ1v) is 7.06. The van der Waals surface area contributed by atoms with Gasteiger partial charge in [-0.05, 0) is 29.3 Å². The third-order valence-electron chi connectivity index (χ3n) is 2.26. The maximum Gasteiger partial charge on any atom is 0.286 e. The minimum Gasteiger partial charge on any atom is -0.266 e. The highest BCUT2D eigenvalue weighted by molar-refractivity contribution is 7.13. The maximum absolute atomic E-state index is 12.0. The summed E-state index contributed by atoms with van der Waals surface area (Å²) in [5, 5.41) is 4.44. The van der Waals surface area contributed by atoms with Gasteiger partial charge in [0.2, 0.25) is 0 Å². The molecule has 94 valence electrons. The van der Waals surface area contributed by atoms with E-state index in [9.17, 15) is 9.59 Å². The number of halogens is 1. The number of hydrazine groups is 1. The molecule has 2 heterocycles. The maximum atomic E-state index is 12.0. The Hall–Kier alpha value is -1.21. The fourth-order valence-corrected chi connectivity index (χ4v) is 3.16. The van der Waals surface area contributed by atoms with Crippen LogP contribution >= 0.6 is 34.3 Å². The summed E-state index contributed by atoms with van der Waals surface area (Å²) in [5.74, 6) is 4.43. The molecule has 0 aliphatic carbocycles. The van der Waals surface area contributed by atoms with Crippen molar-refractivity contribution in [2.45, 2.75) is 6.92 Å². The summed E-state index contributed by atoms with van der Waals surface area (Å²) >= 11 is 8.38. The van der Waals surface area contributed by atoms with Crippen LogP contribution in [0.1, 0.15) is 24.9 Å². The Labute approximate surface area is 117 Å². The lowest BCUT2D eigenvalue weighted by molar-refractivity contribution is 0.0621. The van der Waals surface area contributed by atoms with E-state index in [-0.39, 0.29) is 4.88 Å². The highest BCUT2D eigenvalue weighted by Gasteiger charge is 2.25. The van der Waals surface area contributed by atoms with Crippen molar-refractivity contribution in [3.05, 3.63) is 43.2 Å². The molecule has 7 heteroatoms. The van der Waals surface area contributed by atoms with Gasteiger partial charge in [-0.1, -0.05) is 17.7 Å². The van der Waals surface area contributed by atoms with Gasteiger partial charge in [-0.2, -0.15) is 0 Å². The van der Waals surface area contributed by atoms with Crippen LogP contribution in [0.3, 0.4) is 0 Å². The molecule has 2 rings (SSSR count). The van der Waals surface area contributed by atoms with E-state index in [2.05, 4.69) is 0 Å². The Bertz CT molecular complexity index is 592. The average Bonchev–Trinajstić information content (AvgIpc) is 2.99. The van der Waals surface area contributed by atoms with Gasteiger partial charge in [-0.25, -0.2) is 10.9 Å². The lowest BCUT2D eigenvalue weighted by atomic mass is 10.3. The molecule has 0 atom stereocenters. The second-order valence-electron chi connectivity index (χ2n) is 3.52. The van der Waals surface area contributed by atoms with Crippen molar-refractivity contribution in [1.82, 2.24) is 5.01 Å². The Morgan fingerprint density at radius 2 is 2.06 bits per heavy atom. The van der Waals surface area contributed by atoms with Gasteiger partial charge in [0.05, 0.1) is 9.90 Å². The number of hydrogen-bond donors (Lipinski definition) is 1. The van der Waals surface area contributed by atoms with Crippen molar-refractivity contribution in [2.24, 2.45) is 5.84 Å². The number of nitrogens with two attached hydrogens (primary N) is 1. The van der Waals surface area contributed by atoms with Gasteiger partial charge in [0.25, 0.3) is 11.8 Å². The smallest absolute Gasteiger partial charge is 0.266 e. The van der Waals surface area contributed by atoms with E-state index in [1.807, 2.05) is 0 Å². The minimum atomic E-state index is -0.587. The van der Waals surface area contributed by atoms with Crippen molar-refractivity contribution < 1.29 is 9.59 Å². The molecule has 0 fully saturated rings. The van der Waals surface area contributed by atoms with Crippen molar-refractivity contribution in [3.8, 4) is 0 Å². The number of rotatable bonds is 2. The molecular formula is C11H9ClN2O2S2. The summed E-state index contributed by atoms with van der Waals surface area (Å²) in [6.07, 6.45) is 0. The predicted octanol–water partition coefficient (Wildman–Crippen LogP) is 2.93. The molecule has 2 N–H and O–H groups in total. The van der Waals surface area contributed by atoms with Gasteiger partial charge in [0.1, 0.15) is 4.88 Å². The van der Waals surface area contributed by atoms with Crippen molar-refractivity contribution in [3.63, 3.8) is 0 Å². The summed E-state index contributed by atoms with van der Waals surface area (Å²) in [7, 11) is 0. The monoisotopic (exact) mass is 300 g/mol. The van der Waals surface area contributed by atoms with E-state index >= 15 is 0 Å². The Morgan fingerprint density at radius 1 is 1.33 bits per heavy atom. The van der Waals surface area contributed by atoms with E-state index in [0.717, 1.165) is 5.56 Å². The normalized spacial score (nSPS) is 10.4. The summed E-state index contributed by atoms with van der Waals surface area (Å²) in [6.45, 7) is 1.79. The van der Waals surface area contributed by atoms with Crippen LogP contribution in [0.4, 0.5) is 0 Å². The van der Waals surface area contributed by atoms with Gasteiger partial charge in [0.15, 0.2) is 0 Å². The van der Waals surface area contributed by atoms with E-state index in [0.29, 0.717) is 14.9 Å². The largest absolute Gasteiger partial charge is 0.286 e. The zero-order valence-electron chi connectivity index (χ0n) is 9.34. The number of carbonyl (C=O) groups is 2. The lowest BCUT2D eigenvalue weighted by Gasteiger charge is -2.12. The standard InChI is InChI=1S/C11H9ClN2O2S2/c1-6-5-18-9(8(6)12)11(16)14(13)10(15)7-3-2-4-17-7/h2-5H,13H2,1H3. The van der Waals surface area contributed by atoms with Gasteiger partial charge in [-0.3, -0.25) is 9.59 Å². The van der Waals surface area contributed by atoms with Crippen LogP contribution in [0.15, 0.2) is 22.9 Å². The topological polar surface area (TPSA) is 63.4 Å². The molecule has 0 aromatic carbocycles. The van der Waals surface area contributed by atoms with Crippen LogP contribution in [0.25, 0.3) is 0 Å². The zero-order chi connectivity index (χ0) is 13.3. The van der Waals surface area contributed by atoms with Gasteiger partial charge >= 0.3 is 0 Å². The molecule has 0 spiro atoms. The number of aryl methyl sites for hydroxylation is 1. The third-order valence-corrected chi connectivity index (χ3v) is 4.81. The third kappa shape index (κ3) is 2.32. The molecular weight excluding hydrogens is 292 g/mol. The highest BCUT2D eigenvalue weighted by atomic mass is 35.5. The van der Waals surface area contributed by atoms with Gasteiger partial charge in [-0.15, -0.1) is 22.7 Å². The average molecular weight is 301 g/mol. The summed E-state index contributed by atoms with van der Waals surface area (Å²) < 4.78 is 0. The van der Waals surface area contributed by atoms with Crippen molar-refractivity contribution in [2.75, 3.05) is 0 Å². The van der Waals surface area contributed by atoms with Crippen molar-refractivity contribution >= 4 is 46.1 Å². The molecule has 0 saturated carbocycles. The molecule has 0 unspecified atom stereocenters. The van der Waals surface area contributed by atoms with E-state index in [1.54, 1.807) is 29.8 Å². The minimum absolute atomic E-state index is 0.279. The Morgan fingerprint density at radius 3 is 2.56 bits per heavy atom. The van der Waals surface area contributed by atoms with Gasteiger partial charge < -0.3 is 0 Å². The van der Waals surface area contributed by atoms with Crippen molar-refractivity contribution in [1.29, 1.82) is 0 Å². The van der Waals surface area contributed by atoms with Crippen LogP contribution < -0.4 is 5.84 Å². The second kappa shape index (κ2) is 5.19. The summed E-state index contributed by atoms with van der Waals surface area (Å²) in [6, 6.07) is 3.33. The second-order valence-corrected chi connectivity index (χ2v) is 5.72. The first-order valence-electron chi connectivity index (χ1n) is 4.93. The molecule has 18 heavy (non-hydrogen) atoms. The van der Waals surface area contributed by atoms with Crippen LogP contribution in [-0.2, 0) is 0 Å². The fourth-order valence-electron chi connectivity index (χ4n) is 1.29. The van der Waals surface area contributed by atoms with Crippen LogP contribution in [0, 0.1) is 6.92 Å². The number of imide groups is 1. The lowest BCUT2D eigenvalue weighted by Crippen LogP contribution is -2.42. The molecule has 4 nitrogen and oxygen atoms in total. The number of carbonyl (C=O) groups excluding carboxylic acids is 2. The SMILES string of the molecule is Cc1csc(C(=O)N(N)C(=O)c2cccs2)c1Cl. The quantitative estimate of drug-likeness (QED) is 0.401. The van der Waals surface area contributed by atoms with E-state index in [1.165, 1.54) is 22.7 Å². The first kappa shape index (κ1) is 13.2. The number of amides is 2. The number of hydrogen-bond acceptors (Lipinski definition) is 5. The highest BCUT2D eigenvalue weighted by Crippen LogP contribution is 2.28. The molecule has 0 saturated heterocycles. The van der Waals surface area contributed by atoms with E-state index in [4.69, 9.17) is 17.4 Å². The summed E-state index contributed by atoms with van der Waals surface area (Å²) in [5.41, 5.74) is 0.794. The van der Waals surface area contributed by atoms with Crippen LogP contribution in [-0.4, -0.2) is 16.8 Å². The molecule has 2 aromatic rings. The van der Waals surface area contributed by atoms with Crippen LogP contribution in [0.5, 0.6) is 0 Å². The first-order chi connectivity index (χ1) is 8.52. The number of nitrogens with zero attached hydrogens (tertiary/aromatic N) is 1. The summed E-state index contributed by atoms with van der Waals surface area (Å²) in [4.78, 5) is 24.6. The molecule has 2 amide bonds. The molecule has 0 aliphatic rings. The predicted molar refractivity (Wildman–Crippen MR) is 73.1 cm³/mol. The van der Waals surface area contributed by atoms with Gasteiger partial charge in [0, 0.05) is 0 Å². The zero-order valence-corrected chi connectivity index (χ0v) is 11.7. The fraction of sp³-hybridized carbons (Fsp3) is 0.0909. The van der Waals surface area contributed by atoms with Crippen LogP contribution in [0.2, 0.25) is 5.02 Å². The Balaban J connectivity index is 2.24. The molecule has 0 radical (unpaired) electrons. The molecule has 0 aliphatic heterocycles. The van der Waals surface area contributed by atoms with E-state index < -0.39 is 11.8 Å².